The van der Waals surface area contributed by atoms with E-state index in [0.29, 0.717) is 17.0 Å². The summed E-state index contributed by atoms with van der Waals surface area (Å²) in [5.74, 6) is 0.828. The number of thiazole rings is 1. The first-order chi connectivity index (χ1) is 11.2. The van der Waals surface area contributed by atoms with E-state index in [1.807, 2.05) is 10.3 Å². The molecule has 0 saturated carbocycles. The van der Waals surface area contributed by atoms with E-state index in [0.717, 1.165) is 39.3 Å². The van der Waals surface area contributed by atoms with Gasteiger partial charge in [0.25, 0.3) is 5.91 Å². The van der Waals surface area contributed by atoms with Crippen LogP contribution in [0.1, 0.15) is 36.2 Å². The predicted molar refractivity (Wildman–Crippen MR) is 89.7 cm³/mol. The van der Waals surface area contributed by atoms with Gasteiger partial charge in [-0.2, -0.15) is 0 Å². The maximum absolute atomic E-state index is 12.6. The molecular formula is C17H25N3O2S. The summed E-state index contributed by atoms with van der Waals surface area (Å²) in [4.78, 5) is 21.4. The second-order valence-electron chi connectivity index (χ2n) is 7.42. The molecule has 3 aliphatic rings. The zero-order valence-electron chi connectivity index (χ0n) is 13.6. The van der Waals surface area contributed by atoms with Gasteiger partial charge in [-0.3, -0.25) is 4.79 Å². The van der Waals surface area contributed by atoms with Crippen LogP contribution in [0, 0.1) is 11.3 Å². The van der Waals surface area contributed by atoms with E-state index in [-0.39, 0.29) is 5.91 Å². The second-order valence-corrected chi connectivity index (χ2v) is 8.14. The van der Waals surface area contributed by atoms with E-state index < -0.39 is 0 Å². The molecule has 5 nitrogen and oxygen atoms in total. The van der Waals surface area contributed by atoms with Crippen molar-refractivity contribution in [1.82, 2.24) is 14.8 Å². The highest BCUT2D eigenvalue weighted by molar-refractivity contribution is 7.07. The number of carbonyl (C=O) groups excluding carboxylic acids is 1. The van der Waals surface area contributed by atoms with Crippen molar-refractivity contribution in [3.8, 4) is 0 Å². The Morgan fingerprint density at radius 2 is 2.35 bits per heavy atom. The summed E-state index contributed by atoms with van der Waals surface area (Å²) in [6, 6.07) is 0. The standard InChI is InChI=1S/C17H25N3O2S/c21-16(15-10-23-13-18-15)20-5-1-3-17(12-20)4-6-19(11-17)8-14-2-7-22-9-14/h10,13-14H,1-9,11-12H2/t14-,17+/m0/s1. The van der Waals surface area contributed by atoms with Gasteiger partial charge in [0.15, 0.2) is 0 Å². The van der Waals surface area contributed by atoms with Gasteiger partial charge in [0.1, 0.15) is 5.69 Å². The van der Waals surface area contributed by atoms with Gasteiger partial charge in [-0.05, 0) is 38.1 Å². The number of amides is 1. The van der Waals surface area contributed by atoms with Crippen LogP contribution in [0.3, 0.4) is 0 Å². The maximum Gasteiger partial charge on any atom is 0.273 e. The van der Waals surface area contributed by atoms with Gasteiger partial charge < -0.3 is 14.5 Å². The molecule has 6 heteroatoms. The van der Waals surface area contributed by atoms with E-state index in [4.69, 9.17) is 4.74 Å². The molecule has 0 aromatic carbocycles. The molecule has 2 atom stereocenters. The molecule has 3 aliphatic heterocycles. The van der Waals surface area contributed by atoms with Crippen molar-refractivity contribution in [2.24, 2.45) is 11.3 Å². The Bertz CT molecular complexity index is 544. The summed E-state index contributed by atoms with van der Waals surface area (Å²) in [6.45, 7) is 7.13. The van der Waals surface area contributed by atoms with Gasteiger partial charge in [-0.15, -0.1) is 11.3 Å². The SMILES string of the molecule is O=C(c1cscn1)N1CCC[C@]2(CCN(C[C@@H]3CCOC3)C2)C1. The van der Waals surface area contributed by atoms with Gasteiger partial charge in [0.2, 0.25) is 0 Å². The minimum Gasteiger partial charge on any atom is -0.381 e. The van der Waals surface area contributed by atoms with Gasteiger partial charge in [0.05, 0.1) is 12.1 Å². The average Bonchev–Trinajstić information content (AvgIpc) is 3.30. The van der Waals surface area contributed by atoms with Crippen molar-refractivity contribution < 1.29 is 9.53 Å². The summed E-state index contributed by atoms with van der Waals surface area (Å²) in [7, 11) is 0. The summed E-state index contributed by atoms with van der Waals surface area (Å²) < 4.78 is 5.51. The Balaban J connectivity index is 1.38. The highest BCUT2D eigenvalue weighted by atomic mass is 32.1. The first kappa shape index (κ1) is 15.5. The van der Waals surface area contributed by atoms with Crippen LogP contribution in [0.2, 0.25) is 0 Å². The highest BCUT2D eigenvalue weighted by Crippen LogP contribution is 2.39. The molecule has 0 bridgehead atoms. The molecule has 4 heterocycles. The van der Waals surface area contributed by atoms with E-state index in [1.165, 1.54) is 43.7 Å². The monoisotopic (exact) mass is 335 g/mol. The molecule has 0 unspecified atom stereocenters. The lowest BCUT2D eigenvalue weighted by Gasteiger charge is -2.40. The molecule has 4 rings (SSSR count). The molecule has 1 spiro atoms. The minimum absolute atomic E-state index is 0.118. The summed E-state index contributed by atoms with van der Waals surface area (Å²) in [5.41, 5.74) is 2.67. The molecule has 0 radical (unpaired) electrons. The maximum atomic E-state index is 12.6. The van der Waals surface area contributed by atoms with Crippen LogP contribution >= 0.6 is 11.3 Å². The third-order valence-electron chi connectivity index (χ3n) is 5.66. The van der Waals surface area contributed by atoms with Gasteiger partial charge in [0, 0.05) is 43.6 Å². The number of piperidine rings is 1. The molecule has 3 fully saturated rings. The lowest BCUT2D eigenvalue weighted by Crippen LogP contribution is -2.47. The number of nitrogens with zero attached hydrogens (tertiary/aromatic N) is 3. The minimum atomic E-state index is 0.118. The number of ether oxygens (including phenoxy) is 1. The fourth-order valence-corrected chi connectivity index (χ4v) is 5.00. The molecule has 3 saturated heterocycles. The predicted octanol–water partition coefficient (Wildman–Crippen LogP) is 2.11. The molecule has 0 N–H and O–H groups in total. The second kappa shape index (κ2) is 6.49. The summed E-state index contributed by atoms with van der Waals surface area (Å²) in [5, 5.41) is 1.87. The highest BCUT2D eigenvalue weighted by Gasteiger charge is 2.43. The first-order valence-corrected chi connectivity index (χ1v) is 9.66. The van der Waals surface area contributed by atoms with Gasteiger partial charge in [-0.1, -0.05) is 0 Å². The molecule has 1 amide bonds. The third kappa shape index (κ3) is 3.30. The van der Waals surface area contributed by atoms with Crippen LogP contribution in [0.5, 0.6) is 0 Å². The van der Waals surface area contributed by atoms with Crippen LogP contribution in [0.4, 0.5) is 0 Å². The molecular weight excluding hydrogens is 310 g/mol. The Morgan fingerprint density at radius 3 is 3.13 bits per heavy atom. The van der Waals surface area contributed by atoms with E-state index in [1.54, 1.807) is 5.51 Å². The van der Waals surface area contributed by atoms with Crippen LogP contribution < -0.4 is 0 Å². The smallest absolute Gasteiger partial charge is 0.273 e. The Hall–Kier alpha value is -0.980. The van der Waals surface area contributed by atoms with Crippen molar-refractivity contribution in [3.63, 3.8) is 0 Å². The number of aromatic nitrogens is 1. The topological polar surface area (TPSA) is 45.7 Å². The zero-order chi connectivity index (χ0) is 15.7. The lowest BCUT2D eigenvalue weighted by atomic mass is 9.79. The van der Waals surface area contributed by atoms with Crippen molar-refractivity contribution in [2.45, 2.75) is 25.7 Å². The van der Waals surface area contributed by atoms with E-state index in [2.05, 4.69) is 9.88 Å². The molecule has 1 aromatic rings. The van der Waals surface area contributed by atoms with Gasteiger partial charge in [-0.25, -0.2) is 4.98 Å². The Kier molecular flexibility index (Phi) is 4.39. The molecule has 1 aromatic heterocycles. The fraction of sp³-hybridized carbons (Fsp3) is 0.765. The van der Waals surface area contributed by atoms with Crippen molar-refractivity contribution in [2.75, 3.05) is 45.9 Å². The lowest BCUT2D eigenvalue weighted by molar-refractivity contribution is 0.0519. The fourth-order valence-electron chi connectivity index (χ4n) is 4.47. The van der Waals surface area contributed by atoms with E-state index in [9.17, 15) is 4.79 Å². The van der Waals surface area contributed by atoms with Crippen LogP contribution in [0.25, 0.3) is 0 Å². The number of likely N-dealkylation sites (tertiary alicyclic amines) is 2. The Labute approximate surface area is 141 Å². The van der Waals surface area contributed by atoms with Gasteiger partial charge >= 0.3 is 0 Å². The molecule has 23 heavy (non-hydrogen) atoms. The largest absolute Gasteiger partial charge is 0.381 e. The van der Waals surface area contributed by atoms with Crippen molar-refractivity contribution in [3.05, 3.63) is 16.6 Å². The zero-order valence-corrected chi connectivity index (χ0v) is 14.4. The number of hydrogen-bond acceptors (Lipinski definition) is 5. The quantitative estimate of drug-likeness (QED) is 0.849. The van der Waals surface area contributed by atoms with Crippen molar-refractivity contribution in [1.29, 1.82) is 0 Å². The number of carbonyl (C=O) groups is 1. The number of rotatable bonds is 3. The third-order valence-corrected chi connectivity index (χ3v) is 6.24. The van der Waals surface area contributed by atoms with E-state index >= 15 is 0 Å². The van der Waals surface area contributed by atoms with Crippen LogP contribution in [-0.2, 0) is 4.74 Å². The molecule has 0 aliphatic carbocycles. The normalized spacial score (nSPS) is 32.0. The summed E-state index contributed by atoms with van der Waals surface area (Å²) >= 11 is 1.50. The van der Waals surface area contributed by atoms with Crippen LogP contribution in [-0.4, -0.2) is 66.6 Å². The average molecular weight is 335 g/mol. The number of hydrogen-bond donors (Lipinski definition) is 0. The first-order valence-electron chi connectivity index (χ1n) is 8.72. The van der Waals surface area contributed by atoms with Crippen molar-refractivity contribution >= 4 is 17.2 Å². The van der Waals surface area contributed by atoms with Crippen LogP contribution in [0.15, 0.2) is 10.9 Å². The summed E-state index contributed by atoms with van der Waals surface area (Å²) in [6.07, 6.45) is 4.81. The molecule has 126 valence electrons. The Morgan fingerprint density at radius 1 is 1.39 bits per heavy atom.